The Labute approximate surface area is 154 Å². The molecule has 0 saturated heterocycles. The minimum atomic E-state index is -3.47. The van der Waals surface area contributed by atoms with E-state index in [2.05, 4.69) is 10.0 Å². The molecule has 0 bridgehead atoms. The standard InChI is InChI=1S/C18H26N2O5S/c1-18(12-4-3-5-15(18)17(22)23)20-16(21)11-8-13-6-9-14(10-7-13)26(24,25)19-2/h6-7,9-10,15,19H,3-5,8,11-12H2,1-2H3,(H,20,21)(H,22,23). The Morgan fingerprint density at radius 1 is 1.23 bits per heavy atom. The fraction of sp³-hybridized carbons (Fsp3) is 0.556. The number of benzene rings is 1. The van der Waals surface area contributed by atoms with Crippen LogP contribution in [0.15, 0.2) is 29.2 Å². The summed E-state index contributed by atoms with van der Waals surface area (Å²) in [6.07, 6.45) is 3.69. The highest BCUT2D eigenvalue weighted by molar-refractivity contribution is 7.89. The van der Waals surface area contributed by atoms with Crippen molar-refractivity contribution < 1.29 is 23.1 Å². The van der Waals surface area contributed by atoms with Crippen LogP contribution in [-0.2, 0) is 26.0 Å². The molecule has 8 heteroatoms. The third kappa shape index (κ3) is 4.82. The molecule has 7 nitrogen and oxygen atoms in total. The van der Waals surface area contributed by atoms with E-state index >= 15 is 0 Å². The molecular weight excluding hydrogens is 356 g/mol. The van der Waals surface area contributed by atoms with Crippen LogP contribution in [-0.4, -0.2) is 38.0 Å². The van der Waals surface area contributed by atoms with Gasteiger partial charge in [-0.05, 0) is 50.9 Å². The molecule has 0 radical (unpaired) electrons. The average Bonchev–Trinajstić information content (AvgIpc) is 2.60. The van der Waals surface area contributed by atoms with Crippen LogP contribution in [0.3, 0.4) is 0 Å². The van der Waals surface area contributed by atoms with Gasteiger partial charge in [-0.3, -0.25) is 9.59 Å². The number of amides is 1. The van der Waals surface area contributed by atoms with Crippen molar-refractivity contribution in [3.05, 3.63) is 29.8 Å². The number of hydrogen-bond acceptors (Lipinski definition) is 4. The summed E-state index contributed by atoms with van der Waals surface area (Å²) in [4.78, 5) is 24.0. The lowest BCUT2D eigenvalue weighted by Crippen LogP contribution is -2.55. The molecule has 1 saturated carbocycles. The topological polar surface area (TPSA) is 113 Å². The summed E-state index contributed by atoms with van der Waals surface area (Å²) in [6, 6.07) is 6.36. The summed E-state index contributed by atoms with van der Waals surface area (Å²) in [5, 5.41) is 12.3. The van der Waals surface area contributed by atoms with E-state index in [4.69, 9.17) is 0 Å². The Balaban J connectivity index is 1.95. The molecule has 2 atom stereocenters. The summed E-state index contributed by atoms with van der Waals surface area (Å²) in [5.41, 5.74) is 0.130. The minimum Gasteiger partial charge on any atom is -0.481 e. The lowest BCUT2D eigenvalue weighted by molar-refractivity contribution is -0.146. The van der Waals surface area contributed by atoms with Gasteiger partial charge in [-0.1, -0.05) is 25.0 Å². The second-order valence-corrected chi connectivity index (χ2v) is 8.84. The van der Waals surface area contributed by atoms with Crippen LogP contribution >= 0.6 is 0 Å². The molecule has 1 aliphatic rings. The van der Waals surface area contributed by atoms with E-state index in [0.717, 1.165) is 18.4 Å². The van der Waals surface area contributed by atoms with E-state index in [1.165, 1.54) is 19.2 Å². The Bertz CT molecular complexity index is 760. The van der Waals surface area contributed by atoms with Crippen molar-refractivity contribution in [3.8, 4) is 0 Å². The highest BCUT2D eigenvalue weighted by atomic mass is 32.2. The number of aliphatic carboxylic acids is 1. The number of carbonyl (C=O) groups is 2. The van der Waals surface area contributed by atoms with Crippen LogP contribution in [0.1, 0.15) is 44.6 Å². The van der Waals surface area contributed by atoms with Crippen LogP contribution < -0.4 is 10.0 Å². The van der Waals surface area contributed by atoms with Gasteiger partial charge in [-0.25, -0.2) is 13.1 Å². The van der Waals surface area contributed by atoms with Crippen LogP contribution in [0.2, 0.25) is 0 Å². The highest BCUT2D eigenvalue weighted by Gasteiger charge is 2.41. The Hall–Kier alpha value is -1.93. The third-order valence-electron chi connectivity index (χ3n) is 5.07. The molecule has 1 aromatic carbocycles. The van der Waals surface area contributed by atoms with Gasteiger partial charge in [0.1, 0.15) is 0 Å². The number of rotatable bonds is 7. The minimum absolute atomic E-state index is 0.173. The quantitative estimate of drug-likeness (QED) is 0.664. The van der Waals surface area contributed by atoms with Gasteiger partial charge in [-0.2, -0.15) is 0 Å². The van der Waals surface area contributed by atoms with Gasteiger partial charge in [0.15, 0.2) is 0 Å². The molecule has 1 aliphatic carbocycles. The van der Waals surface area contributed by atoms with Crippen LogP contribution in [0.4, 0.5) is 0 Å². The van der Waals surface area contributed by atoms with Crippen molar-refractivity contribution >= 4 is 21.9 Å². The number of carboxylic acid groups (broad SMARTS) is 1. The zero-order chi connectivity index (χ0) is 19.4. The Morgan fingerprint density at radius 2 is 1.88 bits per heavy atom. The third-order valence-corrected chi connectivity index (χ3v) is 6.50. The molecule has 1 aromatic rings. The summed E-state index contributed by atoms with van der Waals surface area (Å²) >= 11 is 0. The van der Waals surface area contributed by atoms with Gasteiger partial charge in [0.25, 0.3) is 0 Å². The molecule has 2 rings (SSSR count). The lowest BCUT2D eigenvalue weighted by Gasteiger charge is -2.39. The maximum atomic E-state index is 12.3. The molecule has 0 aromatic heterocycles. The van der Waals surface area contributed by atoms with Gasteiger partial charge in [0.05, 0.1) is 16.4 Å². The summed E-state index contributed by atoms with van der Waals surface area (Å²) < 4.78 is 25.6. The molecule has 1 amide bonds. The van der Waals surface area contributed by atoms with Crippen molar-refractivity contribution in [2.75, 3.05) is 7.05 Å². The first kappa shape index (κ1) is 20.4. The smallest absolute Gasteiger partial charge is 0.308 e. The van der Waals surface area contributed by atoms with Gasteiger partial charge in [0.2, 0.25) is 15.9 Å². The van der Waals surface area contributed by atoms with E-state index in [1.807, 2.05) is 0 Å². The van der Waals surface area contributed by atoms with Gasteiger partial charge in [0, 0.05) is 6.42 Å². The Morgan fingerprint density at radius 3 is 2.46 bits per heavy atom. The second kappa shape index (κ2) is 8.18. The molecule has 2 unspecified atom stereocenters. The molecule has 144 valence electrons. The maximum absolute atomic E-state index is 12.3. The predicted octanol–water partition coefficient (Wildman–Crippen LogP) is 1.68. The first-order chi connectivity index (χ1) is 12.2. The van der Waals surface area contributed by atoms with Crippen molar-refractivity contribution in [2.45, 2.75) is 55.9 Å². The van der Waals surface area contributed by atoms with Crippen molar-refractivity contribution in [3.63, 3.8) is 0 Å². The highest BCUT2D eigenvalue weighted by Crippen LogP contribution is 2.34. The van der Waals surface area contributed by atoms with E-state index in [-0.39, 0.29) is 17.2 Å². The van der Waals surface area contributed by atoms with E-state index < -0.39 is 27.4 Å². The number of aryl methyl sites for hydroxylation is 1. The number of nitrogens with one attached hydrogen (secondary N) is 2. The fourth-order valence-corrected chi connectivity index (χ4v) is 4.20. The molecule has 0 heterocycles. The molecule has 0 spiro atoms. The molecule has 1 fully saturated rings. The van der Waals surface area contributed by atoms with E-state index in [1.54, 1.807) is 19.1 Å². The summed E-state index contributed by atoms with van der Waals surface area (Å²) in [7, 11) is -2.12. The zero-order valence-electron chi connectivity index (χ0n) is 15.1. The average molecular weight is 382 g/mol. The van der Waals surface area contributed by atoms with Crippen molar-refractivity contribution in [1.29, 1.82) is 0 Å². The molecule has 0 aliphatic heterocycles. The normalized spacial score (nSPS) is 23.4. The number of carbonyl (C=O) groups excluding carboxylic acids is 1. The van der Waals surface area contributed by atoms with Crippen LogP contribution in [0.5, 0.6) is 0 Å². The predicted molar refractivity (Wildman–Crippen MR) is 97.2 cm³/mol. The SMILES string of the molecule is CNS(=O)(=O)c1ccc(CCC(=O)NC2(C)CCCCC2C(=O)O)cc1. The monoisotopic (exact) mass is 382 g/mol. The first-order valence-corrected chi connectivity index (χ1v) is 10.2. The first-order valence-electron chi connectivity index (χ1n) is 8.74. The number of hydrogen-bond donors (Lipinski definition) is 3. The Kier molecular flexibility index (Phi) is 6.41. The van der Waals surface area contributed by atoms with Gasteiger partial charge >= 0.3 is 5.97 Å². The zero-order valence-corrected chi connectivity index (χ0v) is 15.9. The van der Waals surface area contributed by atoms with E-state index in [0.29, 0.717) is 19.3 Å². The molecule has 3 N–H and O–H groups in total. The fourth-order valence-electron chi connectivity index (χ4n) is 3.47. The summed E-state index contributed by atoms with van der Waals surface area (Å²) in [6.45, 7) is 1.81. The second-order valence-electron chi connectivity index (χ2n) is 6.95. The van der Waals surface area contributed by atoms with Gasteiger partial charge < -0.3 is 10.4 Å². The number of sulfonamides is 1. The largest absolute Gasteiger partial charge is 0.481 e. The van der Waals surface area contributed by atoms with Gasteiger partial charge in [-0.15, -0.1) is 0 Å². The number of carboxylic acids is 1. The van der Waals surface area contributed by atoms with Crippen LogP contribution in [0.25, 0.3) is 0 Å². The molecular formula is C18H26N2O5S. The summed E-state index contributed by atoms with van der Waals surface area (Å²) in [5.74, 6) is -1.62. The maximum Gasteiger partial charge on any atom is 0.308 e. The van der Waals surface area contributed by atoms with Crippen LogP contribution in [0, 0.1) is 5.92 Å². The lowest BCUT2D eigenvalue weighted by atomic mass is 9.74. The van der Waals surface area contributed by atoms with Crippen molar-refractivity contribution in [2.24, 2.45) is 5.92 Å². The molecule has 26 heavy (non-hydrogen) atoms. The van der Waals surface area contributed by atoms with E-state index in [9.17, 15) is 23.1 Å². The van der Waals surface area contributed by atoms with Crippen molar-refractivity contribution in [1.82, 2.24) is 10.0 Å².